The first-order chi connectivity index (χ1) is 7.61. The molecule has 2 nitrogen and oxygen atoms in total. The van der Waals surface area contributed by atoms with Gasteiger partial charge in [0.05, 0.1) is 10.6 Å². The predicted molar refractivity (Wildman–Crippen MR) is 61.6 cm³/mol. The Morgan fingerprint density at radius 2 is 2.31 bits per heavy atom. The van der Waals surface area contributed by atoms with Crippen LogP contribution in [0.1, 0.15) is 18.9 Å². The zero-order valence-electron chi connectivity index (χ0n) is 8.81. The lowest BCUT2D eigenvalue weighted by Gasteiger charge is -1.96. The van der Waals surface area contributed by atoms with Gasteiger partial charge < -0.3 is 5.32 Å². The van der Waals surface area contributed by atoms with Crippen LogP contribution in [-0.2, 0) is 4.79 Å². The van der Waals surface area contributed by atoms with Gasteiger partial charge in [-0.25, -0.2) is 4.39 Å². The zero-order chi connectivity index (χ0) is 12.0. The first-order valence-electron chi connectivity index (χ1n) is 4.78. The third-order valence-corrected chi connectivity index (χ3v) is 2.09. The van der Waals surface area contributed by atoms with Gasteiger partial charge in [-0.3, -0.25) is 4.79 Å². The monoisotopic (exact) mass is 239 g/mol. The maximum Gasteiger partial charge on any atom is 0.216 e. The number of rotatable bonds is 2. The van der Waals surface area contributed by atoms with E-state index in [0.29, 0.717) is 13.0 Å². The molecular formula is C12H11ClFNO. The molecule has 1 N–H and O–H groups in total. The summed E-state index contributed by atoms with van der Waals surface area (Å²) in [6.07, 6.45) is 0.478. The molecule has 1 rings (SSSR count). The van der Waals surface area contributed by atoms with Crippen molar-refractivity contribution in [3.05, 3.63) is 34.6 Å². The van der Waals surface area contributed by atoms with Crippen molar-refractivity contribution in [3.63, 3.8) is 0 Å². The van der Waals surface area contributed by atoms with Gasteiger partial charge in [0, 0.05) is 19.9 Å². The van der Waals surface area contributed by atoms with Gasteiger partial charge in [0.1, 0.15) is 0 Å². The summed E-state index contributed by atoms with van der Waals surface area (Å²) < 4.78 is 13.3. The maximum absolute atomic E-state index is 13.3. The minimum atomic E-state index is -0.504. The van der Waals surface area contributed by atoms with Gasteiger partial charge in [-0.05, 0) is 12.1 Å². The summed E-state index contributed by atoms with van der Waals surface area (Å²) in [6, 6.07) is 4.68. The Balaban J connectivity index is 2.56. The van der Waals surface area contributed by atoms with Crippen LogP contribution in [-0.4, -0.2) is 12.5 Å². The van der Waals surface area contributed by atoms with Gasteiger partial charge in [0.2, 0.25) is 5.91 Å². The minimum Gasteiger partial charge on any atom is -0.355 e. The summed E-state index contributed by atoms with van der Waals surface area (Å²) in [5.41, 5.74) is 0.273. The Bertz CT molecular complexity index is 448. The van der Waals surface area contributed by atoms with Crippen molar-refractivity contribution in [2.45, 2.75) is 13.3 Å². The summed E-state index contributed by atoms with van der Waals surface area (Å²) in [7, 11) is 0. The zero-order valence-corrected chi connectivity index (χ0v) is 9.57. The van der Waals surface area contributed by atoms with E-state index in [4.69, 9.17) is 11.6 Å². The first-order valence-corrected chi connectivity index (χ1v) is 5.16. The molecule has 0 heterocycles. The number of hydrogen-bond donors (Lipinski definition) is 1. The van der Waals surface area contributed by atoms with Crippen molar-refractivity contribution in [1.29, 1.82) is 0 Å². The Morgan fingerprint density at radius 1 is 1.56 bits per heavy atom. The molecule has 0 aromatic heterocycles. The van der Waals surface area contributed by atoms with E-state index in [1.54, 1.807) is 12.1 Å². The number of amides is 1. The van der Waals surface area contributed by atoms with Crippen LogP contribution >= 0.6 is 11.6 Å². The average molecular weight is 240 g/mol. The Kier molecular flexibility index (Phi) is 4.81. The molecule has 0 aliphatic carbocycles. The van der Waals surface area contributed by atoms with Crippen LogP contribution in [0.25, 0.3) is 0 Å². The highest BCUT2D eigenvalue weighted by Gasteiger charge is 2.02. The van der Waals surface area contributed by atoms with Gasteiger partial charge in [-0.1, -0.05) is 29.5 Å². The summed E-state index contributed by atoms with van der Waals surface area (Å²) >= 11 is 5.60. The third kappa shape index (κ3) is 3.92. The van der Waals surface area contributed by atoms with Gasteiger partial charge in [0.15, 0.2) is 5.82 Å². The van der Waals surface area contributed by atoms with Crippen molar-refractivity contribution in [1.82, 2.24) is 5.32 Å². The lowest BCUT2D eigenvalue weighted by Crippen LogP contribution is -2.20. The van der Waals surface area contributed by atoms with Crippen LogP contribution in [0, 0.1) is 17.7 Å². The molecule has 84 valence electrons. The van der Waals surface area contributed by atoms with Gasteiger partial charge >= 0.3 is 0 Å². The molecule has 0 unspecified atom stereocenters. The van der Waals surface area contributed by atoms with E-state index >= 15 is 0 Å². The fourth-order valence-electron chi connectivity index (χ4n) is 1.06. The molecule has 0 saturated carbocycles. The lowest BCUT2D eigenvalue weighted by atomic mass is 10.2. The van der Waals surface area contributed by atoms with E-state index in [0.717, 1.165) is 0 Å². The van der Waals surface area contributed by atoms with Gasteiger partial charge in [0.25, 0.3) is 0 Å². The molecule has 16 heavy (non-hydrogen) atoms. The summed E-state index contributed by atoms with van der Waals surface area (Å²) in [4.78, 5) is 10.5. The van der Waals surface area contributed by atoms with Crippen molar-refractivity contribution >= 4 is 17.5 Å². The second kappa shape index (κ2) is 6.14. The molecule has 0 bridgehead atoms. The molecular weight excluding hydrogens is 229 g/mol. The summed E-state index contributed by atoms with van der Waals surface area (Å²) in [5, 5.41) is 2.66. The molecule has 0 spiro atoms. The van der Waals surface area contributed by atoms with E-state index in [-0.39, 0.29) is 16.5 Å². The van der Waals surface area contributed by atoms with Crippen LogP contribution in [0.5, 0.6) is 0 Å². The smallest absolute Gasteiger partial charge is 0.216 e. The Morgan fingerprint density at radius 3 is 3.00 bits per heavy atom. The second-order valence-electron chi connectivity index (χ2n) is 3.14. The normalized spacial score (nSPS) is 9.19. The van der Waals surface area contributed by atoms with Crippen LogP contribution in [0.3, 0.4) is 0 Å². The average Bonchev–Trinajstić information content (AvgIpc) is 2.23. The number of carbonyl (C=O) groups excluding carboxylic acids is 1. The van der Waals surface area contributed by atoms with Crippen LogP contribution < -0.4 is 5.32 Å². The molecule has 0 atom stereocenters. The number of halogens is 2. The largest absolute Gasteiger partial charge is 0.355 e. The molecule has 0 aliphatic rings. The highest BCUT2D eigenvalue weighted by Crippen LogP contribution is 2.16. The Hall–Kier alpha value is -1.53. The van der Waals surface area contributed by atoms with Crippen molar-refractivity contribution in [3.8, 4) is 11.8 Å². The van der Waals surface area contributed by atoms with E-state index in [1.807, 2.05) is 0 Å². The third-order valence-electron chi connectivity index (χ3n) is 1.80. The molecule has 1 aromatic rings. The fraction of sp³-hybridized carbons (Fsp3) is 0.250. The topological polar surface area (TPSA) is 29.1 Å². The maximum atomic E-state index is 13.3. The summed E-state index contributed by atoms with van der Waals surface area (Å²) in [6.45, 7) is 1.90. The fourth-order valence-corrected chi connectivity index (χ4v) is 1.23. The molecule has 1 amide bonds. The van der Waals surface area contributed by atoms with Gasteiger partial charge in [-0.15, -0.1) is 0 Å². The highest BCUT2D eigenvalue weighted by molar-refractivity contribution is 6.30. The van der Waals surface area contributed by atoms with Crippen molar-refractivity contribution < 1.29 is 9.18 Å². The van der Waals surface area contributed by atoms with Crippen LogP contribution in [0.15, 0.2) is 18.2 Å². The second-order valence-corrected chi connectivity index (χ2v) is 3.54. The van der Waals surface area contributed by atoms with Crippen LogP contribution in [0.4, 0.5) is 4.39 Å². The highest BCUT2D eigenvalue weighted by atomic mass is 35.5. The standard InChI is InChI=1S/C12H11ClFNO/c1-9(16)15-8-3-2-5-10-6-4-7-11(13)12(10)14/h4,6-7H,3,8H2,1H3,(H,15,16). The first kappa shape index (κ1) is 12.5. The Labute approximate surface area is 98.8 Å². The van der Waals surface area contributed by atoms with Gasteiger partial charge in [-0.2, -0.15) is 0 Å². The number of nitrogens with one attached hydrogen (secondary N) is 1. The van der Waals surface area contributed by atoms with Crippen molar-refractivity contribution in [2.75, 3.05) is 6.54 Å². The molecule has 0 fully saturated rings. The number of carbonyl (C=O) groups is 1. The van der Waals surface area contributed by atoms with Crippen molar-refractivity contribution in [2.24, 2.45) is 0 Å². The SMILES string of the molecule is CC(=O)NCCC#Cc1cccc(Cl)c1F. The number of benzene rings is 1. The minimum absolute atomic E-state index is 0.0636. The van der Waals surface area contributed by atoms with E-state index in [9.17, 15) is 9.18 Å². The predicted octanol–water partition coefficient (Wildman–Crippen LogP) is 2.36. The quantitative estimate of drug-likeness (QED) is 0.623. The van der Waals surface area contributed by atoms with Crippen LogP contribution in [0.2, 0.25) is 5.02 Å². The summed E-state index contributed by atoms with van der Waals surface area (Å²) in [5.74, 6) is 4.82. The van der Waals surface area contributed by atoms with E-state index < -0.39 is 5.82 Å². The molecule has 4 heteroatoms. The molecule has 0 saturated heterocycles. The molecule has 1 aromatic carbocycles. The molecule has 0 radical (unpaired) electrons. The molecule has 0 aliphatic heterocycles. The number of hydrogen-bond acceptors (Lipinski definition) is 1. The van der Waals surface area contributed by atoms with E-state index in [1.165, 1.54) is 13.0 Å². The lowest BCUT2D eigenvalue weighted by molar-refractivity contribution is -0.118. The van der Waals surface area contributed by atoms with E-state index in [2.05, 4.69) is 17.2 Å².